The molecule has 1 saturated heterocycles. The Kier molecular flexibility index (Phi) is 5.69. The molecule has 0 aliphatic carbocycles. The summed E-state index contributed by atoms with van der Waals surface area (Å²) in [5, 5.41) is 5.62. The molecule has 0 atom stereocenters. The van der Waals surface area contributed by atoms with Crippen molar-refractivity contribution in [2.75, 3.05) is 18.4 Å². The van der Waals surface area contributed by atoms with Crippen molar-refractivity contribution in [1.29, 1.82) is 0 Å². The Morgan fingerprint density at radius 3 is 2.46 bits per heavy atom. The summed E-state index contributed by atoms with van der Waals surface area (Å²) in [5.74, 6) is 0.0210. The average Bonchev–Trinajstić information content (AvgIpc) is 2.73. The molecule has 1 aliphatic rings. The minimum atomic E-state index is 0.0210. The maximum Gasteiger partial charge on any atom is 0.257 e. The van der Waals surface area contributed by atoms with E-state index in [1.165, 1.54) is 6.42 Å². The number of hydrogen-bond donors (Lipinski definition) is 1. The van der Waals surface area contributed by atoms with Gasteiger partial charge in [0.05, 0.1) is 16.8 Å². The number of halogens is 2. The zero-order chi connectivity index (χ0) is 19.5. The van der Waals surface area contributed by atoms with Gasteiger partial charge in [-0.25, -0.2) is 0 Å². The van der Waals surface area contributed by atoms with Gasteiger partial charge in [-0.15, -0.1) is 0 Å². The molecule has 6 heteroatoms. The molecule has 1 N–H and O–H groups in total. The Bertz CT molecular complexity index is 999. The van der Waals surface area contributed by atoms with Crippen LogP contribution in [0, 0.1) is 0 Å². The molecule has 1 fully saturated rings. The molecule has 1 aliphatic heterocycles. The zero-order valence-electron chi connectivity index (χ0n) is 15.4. The minimum Gasteiger partial charge on any atom is -0.380 e. The highest BCUT2D eigenvalue weighted by Crippen LogP contribution is 2.30. The summed E-state index contributed by atoms with van der Waals surface area (Å²) in [6.07, 6.45) is 4.95. The van der Waals surface area contributed by atoms with E-state index in [-0.39, 0.29) is 5.91 Å². The molecule has 0 spiro atoms. The summed E-state index contributed by atoms with van der Waals surface area (Å²) >= 11 is 12.2. The van der Waals surface area contributed by atoms with Gasteiger partial charge in [0.2, 0.25) is 0 Å². The van der Waals surface area contributed by atoms with E-state index in [4.69, 9.17) is 23.2 Å². The number of carbonyl (C=O) groups excluding carboxylic acids is 1. The quantitative estimate of drug-likeness (QED) is 0.589. The third kappa shape index (κ3) is 4.08. The Labute approximate surface area is 174 Å². The third-order valence-electron chi connectivity index (χ3n) is 5.09. The van der Waals surface area contributed by atoms with Crippen molar-refractivity contribution in [3.63, 3.8) is 0 Å². The normalized spacial score (nSPS) is 14.3. The molecule has 0 saturated carbocycles. The second-order valence-electron chi connectivity index (χ2n) is 7.04. The van der Waals surface area contributed by atoms with E-state index in [1.54, 1.807) is 6.20 Å². The number of benzene rings is 2. The molecule has 4 nitrogen and oxygen atoms in total. The highest BCUT2D eigenvalue weighted by Gasteiger charge is 2.22. The third-order valence-corrected chi connectivity index (χ3v) is 5.57. The fourth-order valence-electron chi connectivity index (χ4n) is 3.58. The Morgan fingerprint density at radius 2 is 1.71 bits per heavy atom. The minimum absolute atomic E-state index is 0.0210. The van der Waals surface area contributed by atoms with Gasteiger partial charge in [0.15, 0.2) is 0 Å². The van der Waals surface area contributed by atoms with Gasteiger partial charge in [-0.3, -0.25) is 9.78 Å². The van der Waals surface area contributed by atoms with Crippen LogP contribution in [0.25, 0.3) is 10.9 Å². The average molecular weight is 414 g/mol. The predicted octanol–water partition coefficient (Wildman–Crippen LogP) is 5.78. The number of likely N-dealkylation sites (tertiary alicyclic amines) is 1. The van der Waals surface area contributed by atoms with Crippen LogP contribution in [0.3, 0.4) is 0 Å². The fraction of sp³-hybridized carbons (Fsp3) is 0.273. The number of nitrogens with zero attached hydrogens (tertiary/aromatic N) is 2. The van der Waals surface area contributed by atoms with Crippen LogP contribution in [0.5, 0.6) is 0 Å². The molecular weight excluding hydrogens is 393 g/mol. The molecule has 3 aromatic rings. The van der Waals surface area contributed by atoms with Crippen molar-refractivity contribution in [3.05, 3.63) is 69.8 Å². The number of amides is 1. The number of fused-ring (bicyclic) bond motifs is 1. The van der Waals surface area contributed by atoms with E-state index in [0.29, 0.717) is 22.2 Å². The number of piperidine rings is 1. The number of carbonyl (C=O) groups is 1. The van der Waals surface area contributed by atoms with E-state index in [1.807, 2.05) is 47.4 Å². The second kappa shape index (κ2) is 8.38. The van der Waals surface area contributed by atoms with Crippen LogP contribution in [-0.4, -0.2) is 28.9 Å². The molecular formula is C22H21Cl2N3O. The van der Waals surface area contributed by atoms with Crippen molar-refractivity contribution in [1.82, 2.24) is 9.88 Å². The van der Waals surface area contributed by atoms with Crippen LogP contribution in [-0.2, 0) is 6.54 Å². The van der Waals surface area contributed by atoms with Gasteiger partial charge in [0.25, 0.3) is 5.91 Å². The van der Waals surface area contributed by atoms with Crippen molar-refractivity contribution < 1.29 is 4.79 Å². The van der Waals surface area contributed by atoms with E-state index in [9.17, 15) is 4.79 Å². The first kappa shape index (κ1) is 19.0. The summed E-state index contributed by atoms with van der Waals surface area (Å²) in [6.45, 7) is 2.16. The summed E-state index contributed by atoms with van der Waals surface area (Å²) < 4.78 is 0. The SMILES string of the molecule is O=C(c1cnc2ccc(Cl)cc2c1NCc1ccc(Cl)cc1)N1CCCCC1. The molecule has 2 heterocycles. The van der Waals surface area contributed by atoms with Crippen molar-refractivity contribution >= 4 is 45.7 Å². The fourth-order valence-corrected chi connectivity index (χ4v) is 3.88. The number of aromatic nitrogens is 1. The number of nitrogens with one attached hydrogen (secondary N) is 1. The number of anilines is 1. The molecule has 28 heavy (non-hydrogen) atoms. The molecule has 2 aromatic carbocycles. The van der Waals surface area contributed by atoms with E-state index in [0.717, 1.165) is 48.1 Å². The largest absolute Gasteiger partial charge is 0.380 e. The smallest absolute Gasteiger partial charge is 0.257 e. The van der Waals surface area contributed by atoms with Crippen LogP contribution in [0.15, 0.2) is 48.7 Å². The lowest BCUT2D eigenvalue weighted by atomic mass is 10.1. The van der Waals surface area contributed by atoms with Gasteiger partial charge in [0, 0.05) is 41.3 Å². The van der Waals surface area contributed by atoms with E-state index < -0.39 is 0 Å². The monoisotopic (exact) mass is 413 g/mol. The molecule has 1 aromatic heterocycles. The first-order valence-electron chi connectivity index (χ1n) is 9.48. The molecule has 0 radical (unpaired) electrons. The maximum absolute atomic E-state index is 13.2. The maximum atomic E-state index is 13.2. The van der Waals surface area contributed by atoms with E-state index in [2.05, 4.69) is 10.3 Å². The summed E-state index contributed by atoms with van der Waals surface area (Å²) in [4.78, 5) is 19.6. The molecule has 0 bridgehead atoms. The van der Waals surface area contributed by atoms with Crippen molar-refractivity contribution in [3.8, 4) is 0 Å². The number of pyridine rings is 1. The Balaban J connectivity index is 1.72. The van der Waals surface area contributed by atoms with Gasteiger partial charge in [-0.2, -0.15) is 0 Å². The van der Waals surface area contributed by atoms with Crippen LogP contribution in [0.4, 0.5) is 5.69 Å². The Morgan fingerprint density at radius 1 is 1.00 bits per heavy atom. The van der Waals surface area contributed by atoms with Crippen LogP contribution in [0.2, 0.25) is 10.0 Å². The van der Waals surface area contributed by atoms with Gasteiger partial charge < -0.3 is 10.2 Å². The first-order chi connectivity index (χ1) is 13.6. The lowest BCUT2D eigenvalue weighted by Gasteiger charge is -2.27. The first-order valence-corrected chi connectivity index (χ1v) is 10.2. The summed E-state index contributed by atoms with van der Waals surface area (Å²) in [5.41, 5.74) is 3.25. The van der Waals surface area contributed by atoms with Gasteiger partial charge in [-0.05, 0) is 55.2 Å². The second-order valence-corrected chi connectivity index (χ2v) is 7.91. The van der Waals surface area contributed by atoms with Crippen LogP contribution < -0.4 is 5.32 Å². The van der Waals surface area contributed by atoms with Gasteiger partial charge in [-0.1, -0.05) is 35.3 Å². The molecule has 1 amide bonds. The van der Waals surface area contributed by atoms with Crippen LogP contribution >= 0.6 is 23.2 Å². The lowest BCUT2D eigenvalue weighted by molar-refractivity contribution is 0.0725. The number of rotatable bonds is 4. The van der Waals surface area contributed by atoms with Crippen molar-refractivity contribution in [2.24, 2.45) is 0 Å². The highest BCUT2D eigenvalue weighted by atomic mass is 35.5. The summed E-state index contributed by atoms with van der Waals surface area (Å²) in [7, 11) is 0. The summed E-state index contributed by atoms with van der Waals surface area (Å²) in [6, 6.07) is 13.2. The van der Waals surface area contributed by atoms with Crippen LogP contribution in [0.1, 0.15) is 35.2 Å². The lowest BCUT2D eigenvalue weighted by Crippen LogP contribution is -2.36. The van der Waals surface area contributed by atoms with E-state index >= 15 is 0 Å². The number of hydrogen-bond acceptors (Lipinski definition) is 3. The standard InChI is InChI=1S/C22H21Cl2N3O/c23-16-6-4-15(5-7-16)13-26-21-18-12-17(24)8-9-20(18)25-14-19(21)22(28)27-10-2-1-3-11-27/h4-9,12,14H,1-3,10-11,13H2,(H,25,26). The zero-order valence-corrected chi connectivity index (χ0v) is 16.9. The Hall–Kier alpha value is -2.30. The van der Waals surface area contributed by atoms with Gasteiger partial charge >= 0.3 is 0 Å². The van der Waals surface area contributed by atoms with Gasteiger partial charge in [0.1, 0.15) is 0 Å². The molecule has 144 valence electrons. The molecule has 4 rings (SSSR count). The van der Waals surface area contributed by atoms with Crippen molar-refractivity contribution in [2.45, 2.75) is 25.8 Å². The molecule has 0 unspecified atom stereocenters. The topological polar surface area (TPSA) is 45.2 Å². The predicted molar refractivity (Wildman–Crippen MR) is 115 cm³/mol. The highest BCUT2D eigenvalue weighted by molar-refractivity contribution is 6.31.